The summed E-state index contributed by atoms with van der Waals surface area (Å²) < 4.78 is 0. The summed E-state index contributed by atoms with van der Waals surface area (Å²) in [6.07, 6.45) is 4.21. The highest BCUT2D eigenvalue weighted by molar-refractivity contribution is 5.13. The Morgan fingerprint density at radius 3 is 2.00 bits per heavy atom. The summed E-state index contributed by atoms with van der Waals surface area (Å²) in [5.74, 6) is 0. The molecule has 0 bridgehead atoms. The first kappa shape index (κ1) is 9.10. The second-order valence-corrected chi connectivity index (χ2v) is 2.76. The molecule has 0 spiro atoms. The Labute approximate surface area is 76.9 Å². The molecule has 2 atom stereocenters. The summed E-state index contributed by atoms with van der Waals surface area (Å²) >= 11 is 0. The molecule has 1 saturated heterocycles. The van der Waals surface area contributed by atoms with Crippen molar-refractivity contribution in [3.63, 3.8) is 0 Å². The Morgan fingerprint density at radius 2 is 1.62 bits per heavy atom. The number of allylic oxidation sites excluding steroid dienone is 1. The average molecular weight is 172 g/mol. The van der Waals surface area contributed by atoms with E-state index in [0.29, 0.717) is 12.8 Å². The normalized spacial score (nSPS) is 26.7. The van der Waals surface area contributed by atoms with Crippen molar-refractivity contribution in [2.75, 3.05) is 0 Å². The van der Waals surface area contributed by atoms with E-state index in [1.807, 2.05) is 6.07 Å². The van der Waals surface area contributed by atoms with Gasteiger partial charge in [0.1, 0.15) is 12.1 Å². The van der Waals surface area contributed by atoms with Gasteiger partial charge in [0.05, 0.1) is 18.2 Å². The van der Waals surface area contributed by atoms with Gasteiger partial charge in [0.25, 0.3) is 0 Å². The minimum absolute atomic E-state index is 0.255. The van der Waals surface area contributed by atoms with E-state index in [0.717, 1.165) is 0 Å². The third-order valence-corrected chi connectivity index (χ3v) is 2.05. The molecule has 1 fully saturated rings. The van der Waals surface area contributed by atoms with E-state index in [1.165, 1.54) is 12.3 Å². The van der Waals surface area contributed by atoms with Crippen molar-refractivity contribution in [2.45, 2.75) is 24.9 Å². The number of rotatable bonds is 1. The van der Waals surface area contributed by atoms with Gasteiger partial charge >= 0.3 is 0 Å². The summed E-state index contributed by atoms with van der Waals surface area (Å²) in [4.78, 5) is 1.64. The van der Waals surface area contributed by atoms with Gasteiger partial charge in [-0.1, -0.05) is 0 Å². The predicted octanol–water partition coefficient (Wildman–Crippen LogP) is 0.904. The van der Waals surface area contributed by atoms with Crippen molar-refractivity contribution in [1.29, 1.82) is 15.8 Å². The monoisotopic (exact) mass is 172 g/mol. The van der Waals surface area contributed by atoms with Crippen LogP contribution in [0.4, 0.5) is 0 Å². The smallest absolute Gasteiger partial charge is 0.117 e. The maximum absolute atomic E-state index is 8.73. The Balaban J connectivity index is 2.77. The van der Waals surface area contributed by atoms with E-state index < -0.39 is 0 Å². The van der Waals surface area contributed by atoms with Gasteiger partial charge in [-0.25, -0.2) is 0 Å². The Kier molecular flexibility index (Phi) is 2.90. The van der Waals surface area contributed by atoms with Gasteiger partial charge in [-0.3, -0.25) is 0 Å². The molecule has 1 aliphatic rings. The molecule has 64 valence electrons. The first-order valence-corrected chi connectivity index (χ1v) is 3.96. The maximum atomic E-state index is 8.73. The highest BCUT2D eigenvalue weighted by atomic mass is 15.2. The number of nitrogens with zero attached hydrogens (tertiary/aromatic N) is 4. The highest BCUT2D eigenvalue weighted by Crippen LogP contribution is 2.23. The van der Waals surface area contributed by atoms with Crippen LogP contribution in [0.5, 0.6) is 0 Å². The molecule has 1 heterocycles. The maximum Gasteiger partial charge on any atom is 0.117 e. The minimum atomic E-state index is -0.255. The fourth-order valence-electron chi connectivity index (χ4n) is 1.42. The highest BCUT2D eigenvalue weighted by Gasteiger charge is 2.30. The van der Waals surface area contributed by atoms with E-state index in [4.69, 9.17) is 15.8 Å². The zero-order valence-electron chi connectivity index (χ0n) is 7.01. The lowest BCUT2D eigenvalue weighted by Gasteiger charge is -2.19. The van der Waals surface area contributed by atoms with E-state index in [2.05, 4.69) is 12.1 Å². The third-order valence-electron chi connectivity index (χ3n) is 2.05. The van der Waals surface area contributed by atoms with Crippen molar-refractivity contribution in [1.82, 2.24) is 4.90 Å². The van der Waals surface area contributed by atoms with Crippen LogP contribution in [0, 0.1) is 34.0 Å². The van der Waals surface area contributed by atoms with Crippen LogP contribution in [0.2, 0.25) is 0 Å². The van der Waals surface area contributed by atoms with Crippen molar-refractivity contribution >= 4 is 0 Å². The summed E-state index contributed by atoms with van der Waals surface area (Å²) in [5.41, 5.74) is 0. The second-order valence-electron chi connectivity index (χ2n) is 2.76. The molecule has 0 N–H and O–H groups in total. The van der Waals surface area contributed by atoms with Gasteiger partial charge in [0, 0.05) is 12.3 Å². The second kappa shape index (κ2) is 4.14. The topological polar surface area (TPSA) is 74.6 Å². The largest absolute Gasteiger partial charge is 0.345 e. The Morgan fingerprint density at radius 1 is 1.08 bits per heavy atom. The minimum Gasteiger partial charge on any atom is -0.345 e. The van der Waals surface area contributed by atoms with Crippen LogP contribution in [0.15, 0.2) is 12.3 Å². The number of likely N-dealkylation sites (tertiary alicyclic amines) is 1. The van der Waals surface area contributed by atoms with Crippen molar-refractivity contribution in [2.24, 2.45) is 0 Å². The van der Waals surface area contributed by atoms with Crippen LogP contribution < -0.4 is 0 Å². The standard InChI is InChI=1S/C9H8N4/c10-4-1-5-13-8(6-11)2-3-9(13)7-12/h1,5,8-9H,2-3H2/b5-1+. The SMILES string of the molecule is N#C/C=C/N1C(C#N)CCC1C#N. The first-order chi connectivity index (χ1) is 6.33. The van der Waals surface area contributed by atoms with Crippen molar-refractivity contribution in [3.05, 3.63) is 12.3 Å². The number of hydrogen-bond acceptors (Lipinski definition) is 4. The first-order valence-electron chi connectivity index (χ1n) is 3.96. The lowest BCUT2D eigenvalue weighted by molar-refractivity contribution is 0.361. The van der Waals surface area contributed by atoms with Gasteiger partial charge in [-0.05, 0) is 12.8 Å². The predicted molar refractivity (Wildman–Crippen MR) is 44.6 cm³/mol. The Bertz CT molecular complexity index is 303. The lowest BCUT2D eigenvalue weighted by atomic mass is 10.2. The summed E-state index contributed by atoms with van der Waals surface area (Å²) in [6, 6.07) is 5.53. The summed E-state index contributed by atoms with van der Waals surface area (Å²) in [6.45, 7) is 0. The van der Waals surface area contributed by atoms with E-state index >= 15 is 0 Å². The fourth-order valence-corrected chi connectivity index (χ4v) is 1.42. The molecular weight excluding hydrogens is 164 g/mol. The Hall–Kier alpha value is -1.99. The molecule has 2 unspecified atom stereocenters. The molecule has 1 aliphatic heterocycles. The molecule has 4 heteroatoms. The molecule has 4 nitrogen and oxygen atoms in total. The van der Waals surface area contributed by atoms with E-state index in [9.17, 15) is 0 Å². The van der Waals surface area contributed by atoms with Gasteiger partial charge < -0.3 is 4.90 Å². The number of nitriles is 3. The van der Waals surface area contributed by atoms with Crippen molar-refractivity contribution < 1.29 is 0 Å². The lowest BCUT2D eigenvalue weighted by Crippen LogP contribution is -2.29. The van der Waals surface area contributed by atoms with Crippen LogP contribution in [-0.4, -0.2) is 17.0 Å². The zero-order valence-corrected chi connectivity index (χ0v) is 7.01. The van der Waals surface area contributed by atoms with E-state index in [-0.39, 0.29) is 12.1 Å². The molecule has 0 aromatic rings. The molecule has 0 radical (unpaired) electrons. The summed E-state index contributed by atoms with van der Waals surface area (Å²) in [5, 5.41) is 25.8. The molecular formula is C9H8N4. The molecule has 0 saturated carbocycles. The molecule has 0 aliphatic carbocycles. The molecule has 0 amide bonds. The quantitative estimate of drug-likeness (QED) is 0.551. The molecule has 1 rings (SSSR count). The van der Waals surface area contributed by atoms with Crippen LogP contribution in [-0.2, 0) is 0 Å². The average Bonchev–Trinajstić information content (AvgIpc) is 2.56. The van der Waals surface area contributed by atoms with Gasteiger partial charge in [0.2, 0.25) is 0 Å². The molecule has 0 aromatic carbocycles. The van der Waals surface area contributed by atoms with Gasteiger partial charge in [0.15, 0.2) is 0 Å². The summed E-state index contributed by atoms with van der Waals surface area (Å²) in [7, 11) is 0. The van der Waals surface area contributed by atoms with E-state index in [1.54, 1.807) is 4.90 Å². The van der Waals surface area contributed by atoms with Crippen LogP contribution in [0.3, 0.4) is 0 Å². The van der Waals surface area contributed by atoms with Gasteiger partial charge in [-0.15, -0.1) is 0 Å². The van der Waals surface area contributed by atoms with Crippen molar-refractivity contribution in [3.8, 4) is 18.2 Å². The fraction of sp³-hybridized carbons (Fsp3) is 0.444. The van der Waals surface area contributed by atoms with Crippen LogP contribution in [0.1, 0.15) is 12.8 Å². The van der Waals surface area contributed by atoms with Crippen LogP contribution >= 0.6 is 0 Å². The van der Waals surface area contributed by atoms with Crippen LogP contribution in [0.25, 0.3) is 0 Å². The molecule has 13 heavy (non-hydrogen) atoms. The third kappa shape index (κ3) is 1.78. The number of hydrogen-bond donors (Lipinski definition) is 0. The molecule has 0 aromatic heterocycles. The van der Waals surface area contributed by atoms with Gasteiger partial charge in [-0.2, -0.15) is 15.8 Å². The zero-order chi connectivity index (χ0) is 9.68.